The molecule has 0 aliphatic carbocycles. The number of nitrogens with two attached hydrogens (primary N) is 1. The molecule has 0 aliphatic heterocycles. The van der Waals surface area contributed by atoms with Crippen LogP contribution in [0.15, 0.2) is 35.4 Å². The summed E-state index contributed by atoms with van der Waals surface area (Å²) < 4.78 is 33.8. The molecule has 2 N–H and O–H groups in total. The van der Waals surface area contributed by atoms with Gasteiger partial charge in [0.05, 0.1) is 10.4 Å². The summed E-state index contributed by atoms with van der Waals surface area (Å²) in [5, 5.41) is 0.352. The molecular weight excluding hydrogens is 227 g/mol. The van der Waals surface area contributed by atoms with Crippen LogP contribution in [-0.4, -0.2) is 17.6 Å². The van der Waals surface area contributed by atoms with Crippen molar-refractivity contribution < 1.29 is 42.5 Å². The second-order valence-electron chi connectivity index (χ2n) is 2.87. The molecule has 2 rings (SSSR count). The van der Waals surface area contributed by atoms with Crippen LogP contribution in [0.5, 0.6) is 0 Å². The molecule has 0 saturated carbocycles. The number of benzene rings is 1. The minimum atomic E-state index is -4.43. The Kier molecular flexibility index (Phi) is 3.47. The Morgan fingerprint density at radius 3 is 2.53 bits per heavy atom. The maximum atomic E-state index is 10.9. The first-order valence-corrected chi connectivity index (χ1v) is 5.22. The maximum absolute atomic E-state index is 10.9. The fourth-order valence-corrected chi connectivity index (χ4v) is 2.07. The largest absolute Gasteiger partial charge is 1.00 e. The number of aromatic nitrogens is 1. The van der Waals surface area contributed by atoms with Crippen LogP contribution in [-0.2, 0) is 10.1 Å². The molecule has 5 nitrogen and oxygen atoms in total. The van der Waals surface area contributed by atoms with Gasteiger partial charge >= 0.3 is 29.6 Å². The van der Waals surface area contributed by atoms with Gasteiger partial charge in [-0.05, 0) is 18.2 Å². The van der Waals surface area contributed by atoms with Gasteiger partial charge in [0.2, 0.25) is 0 Å². The summed E-state index contributed by atoms with van der Waals surface area (Å²) in [5.41, 5.74) is 0.516. The fraction of sp³-hybridized carbons (Fsp3) is 0. The number of nitrogen functional groups attached to an aromatic ring is 1. The van der Waals surface area contributed by atoms with Crippen molar-refractivity contribution in [2.45, 2.75) is 4.90 Å². The number of hydrogen-bond donors (Lipinski definition) is 1. The Balaban J connectivity index is 0.00000112. The zero-order chi connectivity index (χ0) is 10.3. The van der Waals surface area contributed by atoms with E-state index in [-0.39, 0.29) is 34.5 Å². The van der Waals surface area contributed by atoms with E-state index in [1.165, 1.54) is 29.1 Å². The topological polar surface area (TPSA) is 88.2 Å². The second kappa shape index (κ2) is 4.15. The van der Waals surface area contributed by atoms with Crippen molar-refractivity contribution in [2.75, 3.05) is 5.84 Å². The summed E-state index contributed by atoms with van der Waals surface area (Å²) in [4.78, 5) is -0.237. The summed E-state index contributed by atoms with van der Waals surface area (Å²) in [6.45, 7) is 0. The standard InChI is InChI=1S/C8H8N2O3S.Na/c9-10-5-4-6-7(10)2-1-3-8(6)14(11,12)13;/h1-5H,9H2,(H,11,12,13);/q;+1/p-1. The summed E-state index contributed by atoms with van der Waals surface area (Å²) in [6.07, 6.45) is 1.50. The van der Waals surface area contributed by atoms with Crippen molar-refractivity contribution in [1.82, 2.24) is 4.68 Å². The maximum Gasteiger partial charge on any atom is 1.00 e. The molecule has 2 aromatic rings. The van der Waals surface area contributed by atoms with Crippen LogP contribution >= 0.6 is 0 Å². The normalized spacial score (nSPS) is 11.3. The minimum Gasteiger partial charge on any atom is -0.744 e. The predicted octanol–water partition coefficient (Wildman–Crippen LogP) is -2.74. The van der Waals surface area contributed by atoms with E-state index in [2.05, 4.69) is 0 Å². The van der Waals surface area contributed by atoms with Gasteiger partial charge in [0.15, 0.2) is 0 Å². The SMILES string of the molecule is Nn1ccc2c(S(=O)(=O)[O-])cccc21.[Na+]. The molecule has 1 aromatic heterocycles. The first kappa shape index (κ1) is 12.5. The molecule has 1 heterocycles. The van der Waals surface area contributed by atoms with Gasteiger partial charge in [-0.2, -0.15) is 0 Å². The average molecular weight is 234 g/mol. The molecule has 0 amide bonds. The molecule has 0 spiro atoms. The smallest absolute Gasteiger partial charge is 0.744 e. The van der Waals surface area contributed by atoms with E-state index in [0.717, 1.165) is 0 Å². The van der Waals surface area contributed by atoms with E-state index >= 15 is 0 Å². The molecular formula is C8H7N2NaO3S. The van der Waals surface area contributed by atoms with Crippen LogP contribution in [0.4, 0.5) is 0 Å². The van der Waals surface area contributed by atoms with Gasteiger partial charge in [-0.1, -0.05) is 6.07 Å². The molecule has 0 aliphatic rings. The number of fused-ring (bicyclic) bond motifs is 1. The van der Waals surface area contributed by atoms with Crippen molar-refractivity contribution in [2.24, 2.45) is 0 Å². The van der Waals surface area contributed by atoms with E-state index in [4.69, 9.17) is 5.84 Å². The van der Waals surface area contributed by atoms with Gasteiger partial charge in [0.1, 0.15) is 10.1 Å². The van der Waals surface area contributed by atoms with E-state index in [1.807, 2.05) is 0 Å². The average Bonchev–Trinajstić information content (AvgIpc) is 2.46. The van der Waals surface area contributed by atoms with Crippen molar-refractivity contribution in [3.8, 4) is 0 Å². The van der Waals surface area contributed by atoms with E-state index in [0.29, 0.717) is 10.9 Å². The zero-order valence-corrected chi connectivity index (χ0v) is 10.9. The van der Waals surface area contributed by atoms with Crippen molar-refractivity contribution in [3.05, 3.63) is 30.5 Å². The van der Waals surface area contributed by atoms with E-state index < -0.39 is 10.1 Å². The molecule has 0 fully saturated rings. The Bertz CT molecular complexity index is 591. The van der Waals surface area contributed by atoms with Gasteiger partial charge in [-0.25, -0.2) is 8.42 Å². The van der Waals surface area contributed by atoms with Crippen LogP contribution in [0.25, 0.3) is 10.9 Å². The van der Waals surface area contributed by atoms with Gasteiger partial charge in [-0.15, -0.1) is 0 Å². The Hall–Kier alpha value is -0.530. The first-order chi connectivity index (χ1) is 6.50. The van der Waals surface area contributed by atoms with Crippen LogP contribution < -0.4 is 35.4 Å². The molecule has 74 valence electrons. The Labute approximate surface area is 109 Å². The monoisotopic (exact) mass is 234 g/mol. The number of hydrogen-bond acceptors (Lipinski definition) is 4. The van der Waals surface area contributed by atoms with Crippen LogP contribution in [0.3, 0.4) is 0 Å². The first-order valence-electron chi connectivity index (χ1n) is 3.81. The van der Waals surface area contributed by atoms with Crippen molar-refractivity contribution in [3.63, 3.8) is 0 Å². The molecule has 7 heteroatoms. The van der Waals surface area contributed by atoms with Crippen molar-refractivity contribution in [1.29, 1.82) is 0 Å². The fourth-order valence-electron chi connectivity index (χ4n) is 1.38. The molecule has 0 unspecified atom stereocenters. The van der Waals surface area contributed by atoms with Gasteiger partial charge in [0.25, 0.3) is 0 Å². The summed E-state index contributed by atoms with van der Waals surface area (Å²) in [6, 6.07) is 5.89. The molecule has 15 heavy (non-hydrogen) atoms. The number of nitrogens with zero attached hydrogens (tertiary/aromatic N) is 1. The van der Waals surface area contributed by atoms with Crippen LogP contribution in [0, 0.1) is 0 Å². The quantitative estimate of drug-likeness (QED) is 0.329. The third kappa shape index (κ3) is 2.19. The minimum absolute atomic E-state index is 0. The Morgan fingerprint density at radius 1 is 1.27 bits per heavy atom. The molecule has 0 radical (unpaired) electrons. The van der Waals surface area contributed by atoms with Gasteiger partial charge in [0, 0.05) is 11.6 Å². The second-order valence-corrected chi connectivity index (χ2v) is 4.21. The van der Waals surface area contributed by atoms with E-state index in [1.54, 1.807) is 6.07 Å². The molecule has 0 atom stereocenters. The molecule has 0 bridgehead atoms. The third-order valence-electron chi connectivity index (χ3n) is 1.99. The third-order valence-corrected chi connectivity index (χ3v) is 2.89. The van der Waals surface area contributed by atoms with Gasteiger partial charge < -0.3 is 10.4 Å². The summed E-state index contributed by atoms with van der Waals surface area (Å²) in [5.74, 6) is 5.51. The summed E-state index contributed by atoms with van der Waals surface area (Å²) in [7, 11) is -4.43. The molecule has 1 aromatic carbocycles. The van der Waals surface area contributed by atoms with Crippen molar-refractivity contribution >= 4 is 21.0 Å². The van der Waals surface area contributed by atoms with E-state index in [9.17, 15) is 13.0 Å². The van der Waals surface area contributed by atoms with Crippen LogP contribution in [0.1, 0.15) is 0 Å². The summed E-state index contributed by atoms with van der Waals surface area (Å²) >= 11 is 0. The Morgan fingerprint density at radius 2 is 1.93 bits per heavy atom. The number of rotatable bonds is 1. The van der Waals surface area contributed by atoms with Gasteiger partial charge in [-0.3, -0.25) is 4.68 Å². The zero-order valence-electron chi connectivity index (χ0n) is 8.04. The molecule has 0 saturated heterocycles. The van der Waals surface area contributed by atoms with Crippen LogP contribution in [0.2, 0.25) is 0 Å². The predicted molar refractivity (Wildman–Crippen MR) is 50.1 cm³/mol.